The third-order valence-corrected chi connectivity index (χ3v) is 4.02. The minimum atomic E-state index is -4.15. The van der Waals surface area contributed by atoms with Crippen molar-refractivity contribution in [3.05, 3.63) is 71.5 Å². The molecule has 0 saturated heterocycles. The van der Waals surface area contributed by atoms with Gasteiger partial charge in [0, 0.05) is 11.9 Å². The van der Waals surface area contributed by atoms with E-state index < -0.39 is 12.6 Å². The van der Waals surface area contributed by atoms with Crippen LogP contribution in [0.25, 0.3) is 0 Å². The first kappa shape index (κ1) is 21.7. The molecular formula is C21H27F3N2. The minimum absolute atomic E-state index is 0.394. The lowest BCUT2D eigenvalue weighted by Crippen LogP contribution is -2.12. The van der Waals surface area contributed by atoms with Crippen molar-refractivity contribution in [3.63, 3.8) is 0 Å². The van der Waals surface area contributed by atoms with E-state index in [1.807, 2.05) is 32.1 Å². The van der Waals surface area contributed by atoms with Gasteiger partial charge in [-0.3, -0.25) is 5.43 Å². The average Bonchev–Trinajstić information content (AvgIpc) is 2.59. The number of nitrogens with one attached hydrogen (secondary N) is 1. The molecule has 0 heterocycles. The maximum atomic E-state index is 12.4. The molecule has 0 spiro atoms. The standard InChI is InChI=1S/C21H27F3N2/c1-5-7-8-16(3)17(4)19(6-2)13-14-25-26-20-11-9-18(10-12-20)15-21(22,23)24/h5,7,9,11,13-14,26H,3-4,6,8,10,12,15H2,1-2H3/b7-5+,19-13-,25-14-. The lowest BCUT2D eigenvalue weighted by Gasteiger charge is -2.15. The zero-order valence-electron chi connectivity index (χ0n) is 15.5. The lowest BCUT2D eigenvalue weighted by molar-refractivity contribution is -0.127. The molecule has 1 aliphatic carbocycles. The van der Waals surface area contributed by atoms with Gasteiger partial charge in [0.15, 0.2) is 0 Å². The highest BCUT2D eigenvalue weighted by molar-refractivity contribution is 5.74. The van der Waals surface area contributed by atoms with Gasteiger partial charge in [0.2, 0.25) is 0 Å². The van der Waals surface area contributed by atoms with Crippen LogP contribution in [0.1, 0.15) is 46.0 Å². The lowest BCUT2D eigenvalue weighted by atomic mass is 9.96. The fourth-order valence-electron chi connectivity index (χ4n) is 2.47. The second kappa shape index (κ2) is 10.6. The van der Waals surface area contributed by atoms with Gasteiger partial charge in [-0.2, -0.15) is 18.3 Å². The Morgan fingerprint density at radius 3 is 2.54 bits per heavy atom. The summed E-state index contributed by atoms with van der Waals surface area (Å²) in [6.45, 7) is 12.1. The number of halogens is 3. The largest absolute Gasteiger partial charge is 0.392 e. The smallest absolute Gasteiger partial charge is 0.283 e. The quantitative estimate of drug-likeness (QED) is 0.214. The van der Waals surface area contributed by atoms with Crippen LogP contribution < -0.4 is 5.43 Å². The van der Waals surface area contributed by atoms with Crippen LogP contribution in [-0.2, 0) is 0 Å². The van der Waals surface area contributed by atoms with Gasteiger partial charge in [-0.1, -0.05) is 43.9 Å². The molecule has 1 aliphatic rings. The summed E-state index contributed by atoms with van der Waals surface area (Å²) in [5, 5.41) is 4.13. The van der Waals surface area contributed by atoms with Crippen LogP contribution in [0.4, 0.5) is 13.2 Å². The third-order valence-electron chi connectivity index (χ3n) is 4.02. The van der Waals surface area contributed by atoms with Crippen molar-refractivity contribution >= 4 is 6.21 Å². The monoisotopic (exact) mass is 364 g/mol. The molecule has 142 valence electrons. The summed E-state index contributed by atoms with van der Waals surface area (Å²) in [5.74, 6) is 0. The Balaban J connectivity index is 2.60. The van der Waals surface area contributed by atoms with Crippen LogP contribution in [0.5, 0.6) is 0 Å². The molecule has 0 saturated carbocycles. The molecule has 0 atom stereocenters. The highest BCUT2D eigenvalue weighted by Gasteiger charge is 2.29. The van der Waals surface area contributed by atoms with Crippen LogP contribution in [0.15, 0.2) is 76.6 Å². The zero-order valence-corrected chi connectivity index (χ0v) is 15.5. The molecule has 26 heavy (non-hydrogen) atoms. The van der Waals surface area contributed by atoms with E-state index in [2.05, 4.69) is 23.7 Å². The van der Waals surface area contributed by atoms with E-state index in [4.69, 9.17) is 0 Å². The van der Waals surface area contributed by atoms with Crippen molar-refractivity contribution in [2.45, 2.75) is 52.1 Å². The number of allylic oxidation sites excluding steroid dienone is 10. The molecule has 0 unspecified atom stereocenters. The first-order chi connectivity index (χ1) is 12.3. The van der Waals surface area contributed by atoms with Crippen molar-refractivity contribution in [2.24, 2.45) is 5.10 Å². The molecule has 2 nitrogen and oxygen atoms in total. The first-order valence-corrected chi connectivity index (χ1v) is 8.69. The Kier molecular flexibility index (Phi) is 8.90. The Bertz CT molecular complexity index is 659. The van der Waals surface area contributed by atoms with Crippen molar-refractivity contribution in [1.82, 2.24) is 5.43 Å². The van der Waals surface area contributed by atoms with E-state index in [1.54, 1.807) is 12.3 Å². The Morgan fingerprint density at radius 2 is 2.00 bits per heavy atom. The summed E-state index contributed by atoms with van der Waals surface area (Å²) < 4.78 is 37.1. The van der Waals surface area contributed by atoms with E-state index in [1.165, 1.54) is 6.08 Å². The van der Waals surface area contributed by atoms with E-state index in [0.29, 0.717) is 18.4 Å². The van der Waals surface area contributed by atoms with Crippen LogP contribution in [0, 0.1) is 0 Å². The minimum Gasteiger partial charge on any atom is -0.283 e. The summed E-state index contributed by atoms with van der Waals surface area (Å²) in [6, 6.07) is 0. The zero-order chi connectivity index (χ0) is 19.6. The van der Waals surface area contributed by atoms with Crippen LogP contribution in [0.3, 0.4) is 0 Å². The highest BCUT2D eigenvalue weighted by Crippen LogP contribution is 2.29. The van der Waals surface area contributed by atoms with Gasteiger partial charge in [0.1, 0.15) is 0 Å². The topological polar surface area (TPSA) is 24.4 Å². The molecule has 1 N–H and O–H groups in total. The van der Waals surface area contributed by atoms with E-state index in [9.17, 15) is 13.2 Å². The molecule has 0 aromatic heterocycles. The summed E-state index contributed by atoms with van der Waals surface area (Å²) in [4.78, 5) is 0. The van der Waals surface area contributed by atoms with Gasteiger partial charge in [-0.15, -0.1) is 0 Å². The number of rotatable bonds is 9. The maximum Gasteiger partial charge on any atom is 0.392 e. The maximum absolute atomic E-state index is 12.4. The Labute approximate surface area is 154 Å². The molecule has 1 rings (SSSR count). The van der Waals surface area contributed by atoms with Gasteiger partial charge in [0.05, 0.1) is 6.42 Å². The van der Waals surface area contributed by atoms with Crippen molar-refractivity contribution in [3.8, 4) is 0 Å². The van der Waals surface area contributed by atoms with E-state index in [-0.39, 0.29) is 0 Å². The van der Waals surface area contributed by atoms with Gasteiger partial charge in [0.25, 0.3) is 0 Å². The third kappa shape index (κ3) is 8.19. The van der Waals surface area contributed by atoms with Crippen LogP contribution >= 0.6 is 0 Å². The molecule has 0 amide bonds. The summed E-state index contributed by atoms with van der Waals surface area (Å²) >= 11 is 0. The second-order valence-electron chi connectivity index (χ2n) is 6.10. The number of nitrogens with zero attached hydrogens (tertiary/aromatic N) is 1. The van der Waals surface area contributed by atoms with Gasteiger partial charge in [-0.05, 0) is 61.5 Å². The molecule has 0 bridgehead atoms. The summed E-state index contributed by atoms with van der Waals surface area (Å²) in [7, 11) is 0. The first-order valence-electron chi connectivity index (χ1n) is 8.69. The highest BCUT2D eigenvalue weighted by atomic mass is 19.4. The molecule has 0 fully saturated rings. The molecule has 0 aliphatic heterocycles. The number of hydrogen-bond acceptors (Lipinski definition) is 2. The molecule has 0 aromatic carbocycles. The summed E-state index contributed by atoms with van der Waals surface area (Å²) in [6.07, 6.45) is 8.21. The predicted molar refractivity (Wildman–Crippen MR) is 104 cm³/mol. The molecule has 0 aromatic rings. The SMILES string of the molecule is C=C(C/C=C/C)C(=C)/C(=C\C=N/NC1=CC=C(CC(F)(F)F)CC1)CC. The number of alkyl halides is 3. The van der Waals surface area contributed by atoms with Gasteiger partial charge < -0.3 is 0 Å². The van der Waals surface area contributed by atoms with Crippen molar-refractivity contribution < 1.29 is 13.2 Å². The van der Waals surface area contributed by atoms with Gasteiger partial charge in [-0.25, -0.2) is 0 Å². The van der Waals surface area contributed by atoms with Crippen molar-refractivity contribution in [1.29, 1.82) is 0 Å². The predicted octanol–water partition coefficient (Wildman–Crippen LogP) is 6.53. The average molecular weight is 364 g/mol. The Hall–Kier alpha value is -2.30. The van der Waals surface area contributed by atoms with E-state index in [0.717, 1.165) is 35.3 Å². The molecular weight excluding hydrogens is 337 g/mol. The van der Waals surface area contributed by atoms with Crippen LogP contribution in [0.2, 0.25) is 0 Å². The second-order valence-corrected chi connectivity index (χ2v) is 6.10. The molecule has 0 radical (unpaired) electrons. The normalized spacial score (nSPS) is 16.0. The van der Waals surface area contributed by atoms with E-state index >= 15 is 0 Å². The van der Waals surface area contributed by atoms with Crippen molar-refractivity contribution in [2.75, 3.05) is 0 Å². The van der Waals surface area contributed by atoms with Gasteiger partial charge >= 0.3 is 6.18 Å². The fraction of sp³-hybridized carbons (Fsp3) is 0.381. The fourth-order valence-corrected chi connectivity index (χ4v) is 2.47. The number of hydrazone groups is 1. The molecule has 5 heteroatoms. The van der Waals surface area contributed by atoms with Crippen LogP contribution in [-0.4, -0.2) is 12.4 Å². The summed E-state index contributed by atoms with van der Waals surface area (Å²) in [5.41, 5.74) is 7.01. The number of hydrogen-bond donors (Lipinski definition) is 1. The Morgan fingerprint density at radius 1 is 1.27 bits per heavy atom.